The van der Waals surface area contributed by atoms with E-state index in [1.807, 2.05) is 23.1 Å². The fourth-order valence-electron chi connectivity index (χ4n) is 3.98. The first kappa shape index (κ1) is 21.9. The molecule has 0 saturated carbocycles. The Bertz CT molecular complexity index is 987. The fourth-order valence-corrected chi connectivity index (χ4v) is 3.98. The number of nitrogens with one attached hydrogen (secondary N) is 2. The highest BCUT2D eigenvalue weighted by atomic mass is 15.3. The van der Waals surface area contributed by atoms with Crippen LogP contribution in [0.5, 0.6) is 0 Å². The summed E-state index contributed by atoms with van der Waals surface area (Å²) in [5.41, 5.74) is 3.61. The lowest BCUT2D eigenvalue weighted by Crippen LogP contribution is -2.36. The fraction of sp³-hybridized carbons (Fsp3) is 0.400. The van der Waals surface area contributed by atoms with Gasteiger partial charge < -0.3 is 15.5 Å². The number of benzene rings is 1. The number of anilines is 1. The molecule has 0 amide bonds. The normalized spacial score (nSPS) is 15.1. The lowest BCUT2D eigenvalue weighted by molar-refractivity contribution is 0.436. The van der Waals surface area contributed by atoms with Gasteiger partial charge in [-0.1, -0.05) is 37.3 Å². The molecule has 1 aromatic carbocycles. The second-order valence-electron chi connectivity index (χ2n) is 8.45. The van der Waals surface area contributed by atoms with Crippen LogP contribution in [0.25, 0.3) is 0 Å². The van der Waals surface area contributed by atoms with Crippen molar-refractivity contribution >= 4 is 11.8 Å². The third kappa shape index (κ3) is 5.87. The van der Waals surface area contributed by atoms with E-state index in [-0.39, 0.29) is 0 Å². The number of aliphatic imine (C=N–C) groups is 1. The van der Waals surface area contributed by atoms with Crippen LogP contribution in [0.3, 0.4) is 0 Å². The van der Waals surface area contributed by atoms with Gasteiger partial charge in [0.05, 0.1) is 6.54 Å². The van der Waals surface area contributed by atoms with E-state index in [1.165, 1.54) is 24.0 Å². The zero-order valence-electron chi connectivity index (χ0n) is 19.0. The number of nitrogens with zero attached hydrogens (tertiary/aromatic N) is 5. The quantitative estimate of drug-likeness (QED) is 0.443. The van der Waals surface area contributed by atoms with Gasteiger partial charge in [0.15, 0.2) is 5.96 Å². The second-order valence-corrected chi connectivity index (χ2v) is 8.45. The molecule has 0 spiro atoms. The number of rotatable bonds is 7. The summed E-state index contributed by atoms with van der Waals surface area (Å²) in [5, 5.41) is 11.1. The largest absolute Gasteiger partial charge is 0.357 e. The van der Waals surface area contributed by atoms with Gasteiger partial charge in [0.1, 0.15) is 5.82 Å². The van der Waals surface area contributed by atoms with Crippen molar-refractivity contribution in [3.05, 3.63) is 77.7 Å². The summed E-state index contributed by atoms with van der Waals surface area (Å²) in [4.78, 5) is 11.4. The zero-order valence-corrected chi connectivity index (χ0v) is 19.0. The smallest absolute Gasteiger partial charge is 0.191 e. The van der Waals surface area contributed by atoms with Crippen LogP contribution in [0.4, 0.5) is 5.82 Å². The maximum atomic E-state index is 4.69. The first-order valence-electron chi connectivity index (χ1n) is 11.4. The lowest BCUT2D eigenvalue weighted by atomic mass is 9.99. The molecular formula is C25H33N7. The number of hydrogen-bond acceptors (Lipinski definition) is 4. The van der Waals surface area contributed by atoms with Gasteiger partial charge in [-0.15, -0.1) is 0 Å². The Morgan fingerprint density at radius 1 is 1.03 bits per heavy atom. The van der Waals surface area contributed by atoms with E-state index in [1.54, 1.807) is 13.2 Å². The van der Waals surface area contributed by atoms with Crippen molar-refractivity contribution in [1.29, 1.82) is 0 Å². The molecule has 0 atom stereocenters. The molecule has 7 heteroatoms. The Hall–Kier alpha value is -3.35. The van der Waals surface area contributed by atoms with Crippen molar-refractivity contribution in [2.75, 3.05) is 25.0 Å². The number of piperidine rings is 1. The van der Waals surface area contributed by atoms with Crippen molar-refractivity contribution in [1.82, 2.24) is 25.4 Å². The summed E-state index contributed by atoms with van der Waals surface area (Å²) in [6.45, 7) is 6.67. The molecule has 0 unspecified atom stereocenters. The molecule has 2 N–H and O–H groups in total. The highest BCUT2D eigenvalue weighted by Crippen LogP contribution is 2.21. The average Bonchev–Trinajstić information content (AvgIpc) is 3.34. The topological polar surface area (TPSA) is 70.4 Å². The SMILES string of the molecule is CN=C(NCc1ccc(N2CCC(C)CC2)nc1)NCc1ccccc1Cn1cccn1. The second kappa shape index (κ2) is 10.8. The molecule has 3 heterocycles. The molecular weight excluding hydrogens is 398 g/mol. The molecule has 1 fully saturated rings. The number of aromatic nitrogens is 3. The Kier molecular flexibility index (Phi) is 7.38. The van der Waals surface area contributed by atoms with E-state index in [0.29, 0.717) is 13.1 Å². The van der Waals surface area contributed by atoms with Crippen molar-refractivity contribution in [2.24, 2.45) is 10.9 Å². The zero-order chi connectivity index (χ0) is 22.2. The Morgan fingerprint density at radius 3 is 2.50 bits per heavy atom. The summed E-state index contributed by atoms with van der Waals surface area (Å²) >= 11 is 0. The van der Waals surface area contributed by atoms with Crippen LogP contribution in [0.15, 0.2) is 66.0 Å². The predicted octanol–water partition coefficient (Wildman–Crippen LogP) is 3.43. The highest BCUT2D eigenvalue weighted by Gasteiger charge is 2.16. The van der Waals surface area contributed by atoms with Gasteiger partial charge in [0.25, 0.3) is 0 Å². The van der Waals surface area contributed by atoms with Crippen LogP contribution in [-0.2, 0) is 19.6 Å². The van der Waals surface area contributed by atoms with Crippen LogP contribution >= 0.6 is 0 Å². The number of guanidine groups is 1. The molecule has 1 aliphatic rings. The summed E-state index contributed by atoms with van der Waals surface area (Å²) in [7, 11) is 1.80. The van der Waals surface area contributed by atoms with E-state index >= 15 is 0 Å². The average molecular weight is 432 g/mol. The van der Waals surface area contributed by atoms with Gasteiger partial charge in [-0.2, -0.15) is 5.10 Å². The number of pyridine rings is 1. The molecule has 4 rings (SSSR count). The van der Waals surface area contributed by atoms with Crippen LogP contribution in [0.1, 0.15) is 36.5 Å². The monoisotopic (exact) mass is 431 g/mol. The van der Waals surface area contributed by atoms with Crippen LogP contribution < -0.4 is 15.5 Å². The van der Waals surface area contributed by atoms with Gasteiger partial charge in [-0.05, 0) is 47.6 Å². The minimum Gasteiger partial charge on any atom is -0.357 e. The first-order valence-corrected chi connectivity index (χ1v) is 11.4. The third-order valence-electron chi connectivity index (χ3n) is 6.06. The van der Waals surface area contributed by atoms with Crippen molar-refractivity contribution in [3.63, 3.8) is 0 Å². The van der Waals surface area contributed by atoms with Crippen molar-refractivity contribution in [2.45, 2.75) is 39.4 Å². The van der Waals surface area contributed by atoms with Crippen molar-refractivity contribution in [3.8, 4) is 0 Å². The Labute approximate surface area is 190 Å². The number of hydrogen-bond donors (Lipinski definition) is 2. The standard InChI is InChI=1S/C25H33N7/c1-20-10-14-31(15-11-20)24-9-8-21(16-27-24)17-28-25(26-2)29-18-22-6-3-4-7-23(22)19-32-13-5-12-30-32/h3-9,12-13,16,20H,10-11,14-15,17-19H2,1-2H3,(H2,26,28,29). The predicted molar refractivity (Wildman–Crippen MR) is 130 cm³/mol. The minimum absolute atomic E-state index is 0.679. The molecule has 0 radical (unpaired) electrons. The lowest BCUT2D eigenvalue weighted by Gasteiger charge is -2.31. The van der Waals surface area contributed by atoms with Gasteiger partial charge in [-0.3, -0.25) is 9.67 Å². The van der Waals surface area contributed by atoms with Gasteiger partial charge in [0.2, 0.25) is 0 Å². The molecule has 1 aliphatic heterocycles. The molecule has 168 valence electrons. The molecule has 2 aromatic heterocycles. The van der Waals surface area contributed by atoms with Gasteiger partial charge in [0, 0.05) is 51.8 Å². The van der Waals surface area contributed by atoms with Gasteiger partial charge >= 0.3 is 0 Å². The van der Waals surface area contributed by atoms with Crippen LogP contribution in [0.2, 0.25) is 0 Å². The van der Waals surface area contributed by atoms with Gasteiger partial charge in [-0.25, -0.2) is 4.98 Å². The molecule has 3 aromatic rings. The molecule has 0 aliphatic carbocycles. The summed E-state index contributed by atoms with van der Waals surface area (Å²) < 4.78 is 1.94. The Morgan fingerprint density at radius 2 is 1.81 bits per heavy atom. The van der Waals surface area contributed by atoms with Crippen LogP contribution in [0, 0.1) is 5.92 Å². The summed E-state index contributed by atoms with van der Waals surface area (Å²) in [6, 6.07) is 14.6. The molecule has 0 bridgehead atoms. The maximum Gasteiger partial charge on any atom is 0.191 e. The van der Waals surface area contributed by atoms with E-state index in [9.17, 15) is 0 Å². The summed E-state index contributed by atoms with van der Waals surface area (Å²) in [5.74, 6) is 2.68. The molecule has 32 heavy (non-hydrogen) atoms. The Balaban J connectivity index is 1.28. The van der Waals surface area contributed by atoms with Crippen molar-refractivity contribution < 1.29 is 0 Å². The summed E-state index contributed by atoms with van der Waals surface area (Å²) in [6.07, 6.45) is 8.25. The van der Waals surface area contributed by atoms with Crippen LogP contribution in [-0.4, -0.2) is 40.9 Å². The van der Waals surface area contributed by atoms with E-state index < -0.39 is 0 Å². The minimum atomic E-state index is 0.679. The maximum absolute atomic E-state index is 4.69. The molecule has 1 saturated heterocycles. The first-order chi connectivity index (χ1) is 15.7. The third-order valence-corrected chi connectivity index (χ3v) is 6.06. The van der Waals surface area contributed by atoms with E-state index in [2.05, 4.69) is 73.9 Å². The molecule has 7 nitrogen and oxygen atoms in total. The van der Waals surface area contributed by atoms with E-state index in [4.69, 9.17) is 0 Å². The van der Waals surface area contributed by atoms with E-state index in [0.717, 1.165) is 42.9 Å². The highest BCUT2D eigenvalue weighted by molar-refractivity contribution is 5.79.